The number of allylic oxidation sites excluding steroid dienone is 2. The topological polar surface area (TPSA) is 91.7 Å². The van der Waals surface area contributed by atoms with Crippen LogP contribution in [0.5, 0.6) is 0 Å². The van der Waals surface area contributed by atoms with E-state index in [-0.39, 0.29) is 25.0 Å². The third kappa shape index (κ3) is 8.67. The molecule has 0 rings (SSSR count). The van der Waals surface area contributed by atoms with E-state index in [1.54, 1.807) is 6.92 Å². The molecule has 0 aromatic rings. The molecule has 0 saturated heterocycles. The number of hydrogen-bond donors (Lipinski definition) is 2. The van der Waals surface area contributed by atoms with Crippen molar-refractivity contribution in [1.82, 2.24) is 0 Å². The monoisotopic (exact) mass is 214 g/mol. The second-order valence-electron chi connectivity index (χ2n) is 3.24. The Morgan fingerprint density at radius 3 is 1.87 bits per heavy atom. The molecule has 0 aromatic carbocycles. The highest BCUT2D eigenvalue weighted by molar-refractivity contribution is 5.92. The van der Waals surface area contributed by atoms with Crippen molar-refractivity contribution in [2.45, 2.75) is 32.6 Å². The fourth-order valence-corrected chi connectivity index (χ4v) is 0.953. The van der Waals surface area contributed by atoms with Crippen LogP contribution in [0.1, 0.15) is 32.6 Å². The molecule has 0 aliphatic heterocycles. The maximum absolute atomic E-state index is 11.1. The van der Waals surface area contributed by atoms with Crippen LogP contribution in [0.4, 0.5) is 0 Å². The van der Waals surface area contributed by atoms with Crippen LogP contribution in [-0.4, -0.2) is 27.9 Å². The summed E-state index contributed by atoms with van der Waals surface area (Å²) in [5.41, 5.74) is 0.660. The van der Waals surface area contributed by atoms with Crippen molar-refractivity contribution in [1.29, 1.82) is 0 Å². The summed E-state index contributed by atoms with van der Waals surface area (Å²) in [6.45, 7) is 1.65. The molecular formula is C10H14O5. The molecular weight excluding hydrogens is 200 g/mol. The van der Waals surface area contributed by atoms with Crippen LogP contribution in [-0.2, 0) is 14.4 Å². The molecule has 0 aliphatic rings. The zero-order valence-electron chi connectivity index (χ0n) is 8.52. The van der Waals surface area contributed by atoms with Crippen LogP contribution in [0.15, 0.2) is 11.6 Å². The van der Waals surface area contributed by atoms with E-state index in [4.69, 9.17) is 10.2 Å². The predicted octanol–water partition coefficient (Wildman–Crippen LogP) is 1.23. The van der Waals surface area contributed by atoms with Crippen LogP contribution >= 0.6 is 0 Å². The van der Waals surface area contributed by atoms with Gasteiger partial charge in [-0.3, -0.25) is 14.4 Å². The van der Waals surface area contributed by atoms with Gasteiger partial charge in [-0.05, 0) is 19.4 Å². The predicted molar refractivity (Wildman–Crippen MR) is 52.5 cm³/mol. The van der Waals surface area contributed by atoms with E-state index in [0.29, 0.717) is 12.0 Å². The Labute approximate surface area is 87.4 Å². The molecule has 0 unspecified atom stereocenters. The van der Waals surface area contributed by atoms with Gasteiger partial charge in [0.05, 0.1) is 6.42 Å². The average molecular weight is 214 g/mol. The van der Waals surface area contributed by atoms with Gasteiger partial charge >= 0.3 is 11.9 Å². The third-order valence-electron chi connectivity index (χ3n) is 1.73. The summed E-state index contributed by atoms with van der Waals surface area (Å²) in [6.07, 6.45) is 1.37. The lowest BCUT2D eigenvalue weighted by atomic mass is 10.1. The maximum Gasteiger partial charge on any atom is 0.303 e. The lowest BCUT2D eigenvalue weighted by molar-refractivity contribution is -0.138. The first-order chi connectivity index (χ1) is 6.91. The first kappa shape index (κ1) is 13.4. The van der Waals surface area contributed by atoms with Crippen LogP contribution in [0.2, 0.25) is 0 Å². The van der Waals surface area contributed by atoms with Gasteiger partial charge in [-0.15, -0.1) is 0 Å². The summed E-state index contributed by atoms with van der Waals surface area (Å²) in [4.78, 5) is 31.5. The maximum atomic E-state index is 11.1. The summed E-state index contributed by atoms with van der Waals surface area (Å²) < 4.78 is 0. The molecule has 5 nitrogen and oxygen atoms in total. The molecule has 84 valence electrons. The first-order valence-electron chi connectivity index (χ1n) is 4.55. The number of ketones is 1. The number of carboxylic acid groups (broad SMARTS) is 2. The van der Waals surface area contributed by atoms with Crippen LogP contribution in [0.25, 0.3) is 0 Å². The van der Waals surface area contributed by atoms with Crippen LogP contribution < -0.4 is 0 Å². The normalized spacial score (nSPS) is 11.1. The van der Waals surface area contributed by atoms with Crippen molar-refractivity contribution in [3.05, 3.63) is 11.6 Å². The molecule has 5 heteroatoms. The van der Waals surface area contributed by atoms with Crippen molar-refractivity contribution >= 4 is 17.7 Å². The van der Waals surface area contributed by atoms with Gasteiger partial charge < -0.3 is 10.2 Å². The Kier molecular flexibility index (Phi) is 6.01. The molecule has 0 atom stereocenters. The molecule has 0 amide bonds. The van der Waals surface area contributed by atoms with Gasteiger partial charge in [0.2, 0.25) is 0 Å². The fourth-order valence-electron chi connectivity index (χ4n) is 0.953. The Morgan fingerprint density at radius 2 is 1.40 bits per heavy atom. The van der Waals surface area contributed by atoms with E-state index in [0.717, 1.165) is 0 Å². The highest BCUT2D eigenvalue weighted by Gasteiger charge is 2.04. The molecule has 0 spiro atoms. The number of aliphatic carboxylic acids is 2. The number of carbonyl (C=O) groups excluding carboxylic acids is 1. The van der Waals surface area contributed by atoms with Gasteiger partial charge in [-0.2, -0.15) is 0 Å². The third-order valence-corrected chi connectivity index (χ3v) is 1.73. The standard InChI is InChI=1S/C10H14O5/c1-7(2-4-9(12)13)6-8(11)3-5-10(14)15/h6H,2-5H2,1H3,(H,12,13)(H,14,15)/b7-6-. The minimum atomic E-state index is -1.01. The van der Waals surface area contributed by atoms with Crippen molar-refractivity contribution in [3.63, 3.8) is 0 Å². The summed E-state index contributed by atoms with van der Waals surface area (Å²) >= 11 is 0. The molecule has 0 heterocycles. The Bertz CT molecular complexity index is 290. The molecule has 0 radical (unpaired) electrons. The summed E-state index contributed by atoms with van der Waals surface area (Å²) in [5, 5.41) is 16.7. The van der Waals surface area contributed by atoms with Gasteiger partial charge in [0.1, 0.15) is 0 Å². The van der Waals surface area contributed by atoms with Crippen molar-refractivity contribution in [2.24, 2.45) is 0 Å². The lowest BCUT2D eigenvalue weighted by Gasteiger charge is -1.97. The summed E-state index contributed by atoms with van der Waals surface area (Å²) in [7, 11) is 0. The van der Waals surface area contributed by atoms with E-state index in [1.807, 2.05) is 0 Å². The quantitative estimate of drug-likeness (QED) is 0.622. The van der Waals surface area contributed by atoms with E-state index in [2.05, 4.69) is 0 Å². The molecule has 0 aromatic heterocycles. The molecule has 0 fully saturated rings. The molecule has 0 aliphatic carbocycles. The van der Waals surface area contributed by atoms with Crippen LogP contribution in [0, 0.1) is 0 Å². The van der Waals surface area contributed by atoms with E-state index in [1.165, 1.54) is 6.08 Å². The van der Waals surface area contributed by atoms with E-state index >= 15 is 0 Å². The van der Waals surface area contributed by atoms with Gasteiger partial charge in [-0.1, -0.05) is 5.57 Å². The zero-order valence-corrected chi connectivity index (χ0v) is 8.52. The minimum absolute atomic E-state index is 0.0193. The molecule has 15 heavy (non-hydrogen) atoms. The summed E-state index contributed by atoms with van der Waals surface area (Å²) in [5.74, 6) is -2.21. The average Bonchev–Trinajstić information content (AvgIpc) is 2.11. The van der Waals surface area contributed by atoms with Crippen molar-refractivity contribution in [3.8, 4) is 0 Å². The van der Waals surface area contributed by atoms with Gasteiger partial charge in [0.25, 0.3) is 0 Å². The molecule has 2 N–H and O–H groups in total. The minimum Gasteiger partial charge on any atom is -0.481 e. The number of carbonyl (C=O) groups is 3. The highest BCUT2D eigenvalue weighted by atomic mass is 16.4. The van der Waals surface area contributed by atoms with E-state index < -0.39 is 11.9 Å². The van der Waals surface area contributed by atoms with Crippen LogP contribution in [0.3, 0.4) is 0 Å². The summed E-state index contributed by atoms with van der Waals surface area (Å²) in [6, 6.07) is 0. The SMILES string of the molecule is C/C(=C/C(=O)CCC(=O)O)CCC(=O)O. The second kappa shape index (κ2) is 6.75. The Hall–Kier alpha value is -1.65. The molecule has 0 saturated carbocycles. The molecule has 0 bridgehead atoms. The number of rotatable bonds is 7. The van der Waals surface area contributed by atoms with Gasteiger partial charge in [0, 0.05) is 12.8 Å². The first-order valence-corrected chi connectivity index (χ1v) is 4.55. The second-order valence-corrected chi connectivity index (χ2v) is 3.24. The Morgan fingerprint density at radius 1 is 0.933 bits per heavy atom. The largest absolute Gasteiger partial charge is 0.481 e. The zero-order chi connectivity index (χ0) is 11.8. The smallest absolute Gasteiger partial charge is 0.303 e. The van der Waals surface area contributed by atoms with Gasteiger partial charge in [-0.25, -0.2) is 0 Å². The number of carboxylic acids is 2. The van der Waals surface area contributed by atoms with Crippen molar-refractivity contribution < 1.29 is 24.6 Å². The highest BCUT2D eigenvalue weighted by Crippen LogP contribution is 2.05. The number of hydrogen-bond acceptors (Lipinski definition) is 3. The van der Waals surface area contributed by atoms with Crippen molar-refractivity contribution in [2.75, 3.05) is 0 Å². The Balaban J connectivity index is 3.94. The van der Waals surface area contributed by atoms with E-state index in [9.17, 15) is 14.4 Å². The van der Waals surface area contributed by atoms with Gasteiger partial charge in [0.15, 0.2) is 5.78 Å². The lowest BCUT2D eigenvalue weighted by Crippen LogP contribution is -2.01. The fraction of sp³-hybridized carbons (Fsp3) is 0.500.